The average molecular weight is 526 g/mol. The van der Waals surface area contributed by atoms with E-state index in [1.165, 1.54) is 0 Å². The molecular formula is C22H31IN4O3. The number of guanidine groups is 1. The third kappa shape index (κ3) is 8.58. The van der Waals surface area contributed by atoms with Crippen molar-refractivity contribution in [2.45, 2.75) is 39.5 Å². The van der Waals surface area contributed by atoms with Crippen LogP contribution >= 0.6 is 24.0 Å². The van der Waals surface area contributed by atoms with E-state index in [1.54, 1.807) is 12.1 Å². The topological polar surface area (TPSA) is 109 Å². The minimum absolute atomic E-state index is 0. The number of primary amides is 1. The first-order valence-electron chi connectivity index (χ1n) is 9.74. The first-order chi connectivity index (χ1) is 13.9. The normalized spacial score (nSPS) is 12.1. The molecule has 0 spiro atoms. The lowest BCUT2D eigenvalue weighted by Crippen LogP contribution is -2.39. The van der Waals surface area contributed by atoms with Gasteiger partial charge < -0.3 is 26.2 Å². The largest absolute Gasteiger partial charge is 0.491 e. The van der Waals surface area contributed by atoms with Gasteiger partial charge in [-0.15, -0.1) is 24.0 Å². The number of nitrogens with two attached hydrogens (primary N) is 1. The summed E-state index contributed by atoms with van der Waals surface area (Å²) in [6.45, 7) is 7.37. The number of rotatable bonds is 9. The monoisotopic (exact) mass is 526 g/mol. The van der Waals surface area contributed by atoms with Gasteiger partial charge in [0.2, 0.25) is 5.91 Å². The predicted octanol–water partition coefficient (Wildman–Crippen LogP) is 2.98. The number of nitrogens with zero attached hydrogens (tertiary/aromatic N) is 1. The van der Waals surface area contributed by atoms with E-state index in [0.717, 1.165) is 16.9 Å². The van der Waals surface area contributed by atoms with Crippen molar-refractivity contribution in [1.29, 1.82) is 0 Å². The Morgan fingerprint density at radius 3 is 2.27 bits per heavy atom. The van der Waals surface area contributed by atoms with Crippen molar-refractivity contribution in [2.75, 3.05) is 13.1 Å². The van der Waals surface area contributed by atoms with Gasteiger partial charge in [0, 0.05) is 18.7 Å². The number of halogens is 1. The van der Waals surface area contributed by atoms with E-state index in [-0.39, 0.29) is 30.1 Å². The van der Waals surface area contributed by atoms with E-state index < -0.39 is 12.0 Å². The van der Waals surface area contributed by atoms with Crippen LogP contribution in [0.1, 0.15) is 48.4 Å². The molecule has 0 saturated carbocycles. The lowest BCUT2D eigenvalue weighted by molar-refractivity contribution is 0.1000. The summed E-state index contributed by atoms with van der Waals surface area (Å²) in [6.07, 6.45) is -0.569. The fourth-order valence-corrected chi connectivity index (χ4v) is 2.64. The van der Waals surface area contributed by atoms with Crippen molar-refractivity contribution < 1.29 is 14.6 Å². The van der Waals surface area contributed by atoms with Gasteiger partial charge in [-0.1, -0.05) is 24.3 Å². The Morgan fingerprint density at radius 1 is 1.10 bits per heavy atom. The second-order valence-corrected chi connectivity index (χ2v) is 6.89. The lowest BCUT2D eigenvalue weighted by atomic mass is 10.1. The summed E-state index contributed by atoms with van der Waals surface area (Å²) in [7, 11) is 0. The van der Waals surface area contributed by atoms with Gasteiger partial charge in [0.25, 0.3) is 0 Å². The van der Waals surface area contributed by atoms with Crippen LogP contribution in [0.15, 0.2) is 53.5 Å². The highest BCUT2D eigenvalue weighted by molar-refractivity contribution is 14.0. The maximum absolute atomic E-state index is 11.1. The number of carbonyl (C=O) groups excluding carboxylic acids is 1. The second kappa shape index (κ2) is 13.1. The van der Waals surface area contributed by atoms with E-state index in [2.05, 4.69) is 15.6 Å². The van der Waals surface area contributed by atoms with Gasteiger partial charge in [-0.05, 0) is 56.2 Å². The molecule has 2 rings (SSSR count). The Balaban J connectivity index is 0.00000450. The van der Waals surface area contributed by atoms with Crippen LogP contribution in [0.2, 0.25) is 0 Å². The highest BCUT2D eigenvalue weighted by atomic mass is 127. The Morgan fingerprint density at radius 2 is 1.73 bits per heavy atom. The van der Waals surface area contributed by atoms with E-state index in [9.17, 15) is 9.90 Å². The molecule has 0 aliphatic heterocycles. The molecule has 0 radical (unpaired) electrons. The van der Waals surface area contributed by atoms with Gasteiger partial charge >= 0.3 is 0 Å². The molecule has 1 amide bonds. The third-order valence-electron chi connectivity index (χ3n) is 4.10. The van der Waals surface area contributed by atoms with Gasteiger partial charge in [0.15, 0.2) is 5.96 Å². The number of amides is 1. The van der Waals surface area contributed by atoms with Gasteiger partial charge in [-0.3, -0.25) is 4.79 Å². The average Bonchev–Trinajstić information content (AvgIpc) is 2.70. The molecular weight excluding hydrogens is 495 g/mol. The highest BCUT2D eigenvalue weighted by Gasteiger charge is 2.09. The van der Waals surface area contributed by atoms with Crippen molar-refractivity contribution in [3.05, 3.63) is 65.2 Å². The molecule has 164 valence electrons. The van der Waals surface area contributed by atoms with Crippen molar-refractivity contribution in [2.24, 2.45) is 10.7 Å². The molecule has 1 unspecified atom stereocenters. The molecule has 1 atom stereocenters. The minimum atomic E-state index is -0.679. The summed E-state index contributed by atoms with van der Waals surface area (Å²) in [5, 5.41) is 16.8. The fraction of sp³-hybridized carbons (Fsp3) is 0.364. The van der Waals surface area contributed by atoms with E-state index in [1.807, 2.05) is 57.2 Å². The van der Waals surface area contributed by atoms with E-state index in [0.29, 0.717) is 31.2 Å². The standard InChI is InChI=1S/C22H30N4O3.HI/c1-4-24-22(25-13-16-5-7-18(8-6-16)21(23)28)26-14-20(27)17-9-11-19(12-10-17)29-15(2)3;/h5-12,15,20,27H,4,13-14H2,1-3H3,(H2,23,28)(H2,24,25,26);1H. The first kappa shape index (κ1) is 25.7. The van der Waals surface area contributed by atoms with Crippen LogP contribution in [-0.4, -0.2) is 36.2 Å². The molecule has 0 aliphatic carbocycles. The lowest BCUT2D eigenvalue weighted by Gasteiger charge is -2.16. The van der Waals surface area contributed by atoms with E-state index in [4.69, 9.17) is 10.5 Å². The summed E-state index contributed by atoms with van der Waals surface area (Å²) in [4.78, 5) is 15.7. The van der Waals surface area contributed by atoms with Crippen LogP contribution in [0.5, 0.6) is 5.75 Å². The molecule has 8 heteroatoms. The Labute approximate surface area is 195 Å². The smallest absolute Gasteiger partial charge is 0.248 e. The van der Waals surface area contributed by atoms with Crippen molar-refractivity contribution >= 4 is 35.8 Å². The maximum atomic E-state index is 11.1. The number of aliphatic hydroxyl groups excluding tert-OH is 1. The first-order valence-corrected chi connectivity index (χ1v) is 9.74. The molecule has 5 N–H and O–H groups in total. The number of ether oxygens (including phenoxy) is 1. The molecule has 30 heavy (non-hydrogen) atoms. The summed E-state index contributed by atoms with van der Waals surface area (Å²) >= 11 is 0. The third-order valence-corrected chi connectivity index (χ3v) is 4.10. The van der Waals surface area contributed by atoms with Crippen LogP contribution in [0, 0.1) is 0 Å². The van der Waals surface area contributed by atoms with E-state index >= 15 is 0 Å². The zero-order chi connectivity index (χ0) is 21.2. The Hall–Kier alpha value is -2.33. The molecule has 7 nitrogen and oxygen atoms in total. The van der Waals surface area contributed by atoms with Gasteiger partial charge in [-0.2, -0.15) is 0 Å². The molecule has 0 bridgehead atoms. The fourth-order valence-electron chi connectivity index (χ4n) is 2.64. The number of nitrogens with one attached hydrogen (secondary N) is 2. The molecule has 0 aliphatic rings. The van der Waals surface area contributed by atoms with Crippen LogP contribution < -0.4 is 21.1 Å². The molecule has 0 aromatic heterocycles. The molecule has 0 saturated heterocycles. The molecule has 2 aromatic carbocycles. The van der Waals surface area contributed by atoms with Gasteiger partial charge in [0.1, 0.15) is 5.75 Å². The van der Waals surface area contributed by atoms with Crippen molar-refractivity contribution in [1.82, 2.24) is 10.6 Å². The maximum Gasteiger partial charge on any atom is 0.248 e. The summed E-state index contributed by atoms with van der Waals surface area (Å²) in [5.74, 6) is 0.930. The Kier molecular flexibility index (Phi) is 11.2. The van der Waals surface area contributed by atoms with Crippen molar-refractivity contribution in [3.8, 4) is 5.75 Å². The summed E-state index contributed by atoms with van der Waals surface area (Å²) < 4.78 is 5.62. The number of hydrogen-bond donors (Lipinski definition) is 4. The summed E-state index contributed by atoms with van der Waals surface area (Å²) in [6, 6.07) is 14.4. The SMILES string of the molecule is CCNC(=NCc1ccc(C(N)=O)cc1)NCC(O)c1ccc(OC(C)C)cc1.I. The minimum Gasteiger partial charge on any atom is -0.491 e. The molecule has 0 heterocycles. The predicted molar refractivity (Wildman–Crippen MR) is 130 cm³/mol. The van der Waals surface area contributed by atoms with Crippen LogP contribution in [0.25, 0.3) is 0 Å². The van der Waals surface area contributed by atoms with Gasteiger partial charge in [0.05, 0.1) is 18.8 Å². The van der Waals surface area contributed by atoms with Crippen LogP contribution in [-0.2, 0) is 6.54 Å². The number of aliphatic imine (C=N–C) groups is 1. The zero-order valence-electron chi connectivity index (χ0n) is 17.6. The molecule has 2 aromatic rings. The number of benzene rings is 2. The number of carbonyl (C=O) groups is 1. The number of hydrogen-bond acceptors (Lipinski definition) is 4. The zero-order valence-corrected chi connectivity index (χ0v) is 19.9. The number of aliphatic hydroxyl groups is 1. The van der Waals surface area contributed by atoms with Crippen molar-refractivity contribution in [3.63, 3.8) is 0 Å². The summed E-state index contributed by atoms with van der Waals surface area (Å²) in [5.41, 5.74) is 7.47. The molecule has 0 fully saturated rings. The second-order valence-electron chi connectivity index (χ2n) is 6.89. The highest BCUT2D eigenvalue weighted by Crippen LogP contribution is 2.18. The Bertz CT molecular complexity index is 808. The quantitative estimate of drug-likeness (QED) is 0.228. The van der Waals surface area contributed by atoms with Gasteiger partial charge in [-0.25, -0.2) is 4.99 Å². The van der Waals surface area contributed by atoms with Crippen LogP contribution in [0.4, 0.5) is 0 Å². The van der Waals surface area contributed by atoms with Crippen LogP contribution in [0.3, 0.4) is 0 Å².